The lowest BCUT2D eigenvalue weighted by molar-refractivity contribution is 0.414. The van der Waals surface area contributed by atoms with Gasteiger partial charge in [-0.25, -0.2) is 0 Å². The summed E-state index contributed by atoms with van der Waals surface area (Å²) in [6.07, 6.45) is 2.97. The molecule has 1 heterocycles. The molecule has 0 bridgehead atoms. The van der Waals surface area contributed by atoms with E-state index in [-0.39, 0.29) is 0 Å². The zero-order chi connectivity index (χ0) is 14.4. The fraction of sp³-hybridized carbons (Fsp3) is 0.438. The minimum absolute atomic E-state index is 0.297. The highest BCUT2D eigenvalue weighted by Gasteiger charge is 2.07. The fourth-order valence-electron chi connectivity index (χ4n) is 2.19. The Morgan fingerprint density at radius 1 is 1.25 bits per heavy atom. The first-order valence-corrected chi connectivity index (χ1v) is 7.12. The summed E-state index contributed by atoms with van der Waals surface area (Å²) < 4.78 is 7.24. The van der Waals surface area contributed by atoms with Crippen molar-refractivity contribution in [2.75, 3.05) is 7.11 Å². The molecule has 0 saturated carbocycles. The van der Waals surface area contributed by atoms with E-state index < -0.39 is 0 Å². The molecule has 2 rings (SSSR count). The Hall–Kier alpha value is -1.81. The average molecular weight is 273 g/mol. The van der Waals surface area contributed by atoms with Gasteiger partial charge in [0.15, 0.2) is 0 Å². The number of aryl methyl sites for hydroxylation is 1. The lowest BCUT2D eigenvalue weighted by atomic mass is 10.1. The number of benzene rings is 1. The van der Waals surface area contributed by atoms with Crippen LogP contribution in [0.1, 0.15) is 37.6 Å². The highest BCUT2D eigenvalue weighted by atomic mass is 16.5. The number of nitrogens with zero attached hydrogens (tertiary/aromatic N) is 2. The molecule has 0 saturated heterocycles. The monoisotopic (exact) mass is 273 g/mol. The Bertz CT molecular complexity index is 519. The topological polar surface area (TPSA) is 39.1 Å². The average Bonchev–Trinajstić information content (AvgIpc) is 2.92. The number of hydrogen-bond acceptors (Lipinski definition) is 3. The summed E-state index contributed by atoms with van der Waals surface area (Å²) in [5.41, 5.74) is 2.49. The zero-order valence-electron chi connectivity index (χ0n) is 12.5. The van der Waals surface area contributed by atoms with Crippen molar-refractivity contribution < 1.29 is 4.74 Å². The van der Waals surface area contributed by atoms with Crippen molar-refractivity contribution >= 4 is 0 Å². The van der Waals surface area contributed by atoms with Crippen molar-refractivity contribution in [1.29, 1.82) is 0 Å². The van der Waals surface area contributed by atoms with Gasteiger partial charge < -0.3 is 10.1 Å². The van der Waals surface area contributed by atoms with Gasteiger partial charge in [-0.05, 0) is 37.1 Å². The van der Waals surface area contributed by atoms with Gasteiger partial charge in [-0.1, -0.05) is 19.1 Å². The molecular formula is C16H23N3O. The van der Waals surface area contributed by atoms with Crippen molar-refractivity contribution in [3.05, 3.63) is 47.8 Å². The Labute approximate surface area is 120 Å². The highest BCUT2D eigenvalue weighted by molar-refractivity contribution is 5.28. The Kier molecular flexibility index (Phi) is 5.18. The molecule has 0 spiro atoms. The van der Waals surface area contributed by atoms with Gasteiger partial charge in [-0.15, -0.1) is 0 Å². The van der Waals surface area contributed by atoms with Crippen molar-refractivity contribution in [3.63, 3.8) is 0 Å². The van der Waals surface area contributed by atoms with E-state index in [9.17, 15) is 0 Å². The predicted molar refractivity (Wildman–Crippen MR) is 80.8 cm³/mol. The Morgan fingerprint density at radius 3 is 2.65 bits per heavy atom. The van der Waals surface area contributed by atoms with Gasteiger partial charge in [-0.3, -0.25) is 4.68 Å². The highest BCUT2D eigenvalue weighted by Crippen LogP contribution is 2.17. The van der Waals surface area contributed by atoms with Crippen LogP contribution in [0.15, 0.2) is 36.5 Å². The van der Waals surface area contributed by atoms with E-state index in [1.54, 1.807) is 7.11 Å². The quantitative estimate of drug-likeness (QED) is 0.842. The van der Waals surface area contributed by atoms with Crippen LogP contribution < -0.4 is 10.1 Å². The molecule has 0 amide bonds. The molecule has 20 heavy (non-hydrogen) atoms. The number of methoxy groups -OCH3 is 1. The molecular weight excluding hydrogens is 250 g/mol. The molecule has 1 atom stereocenters. The van der Waals surface area contributed by atoms with Gasteiger partial charge in [0.1, 0.15) is 5.75 Å². The van der Waals surface area contributed by atoms with Crippen molar-refractivity contribution in [3.8, 4) is 5.75 Å². The lowest BCUT2D eigenvalue weighted by Gasteiger charge is -2.15. The van der Waals surface area contributed by atoms with E-state index in [1.165, 1.54) is 11.3 Å². The molecule has 4 nitrogen and oxygen atoms in total. The SMILES string of the molecule is CCCn1nccc1CN[C@H](C)c1ccc(OC)cc1. The second-order valence-electron chi connectivity index (χ2n) is 4.92. The lowest BCUT2D eigenvalue weighted by Crippen LogP contribution is -2.20. The first kappa shape index (κ1) is 14.6. The molecule has 0 aliphatic rings. The fourth-order valence-corrected chi connectivity index (χ4v) is 2.19. The summed E-state index contributed by atoms with van der Waals surface area (Å²) in [6.45, 7) is 6.13. The van der Waals surface area contributed by atoms with Crippen LogP contribution in [0.4, 0.5) is 0 Å². The smallest absolute Gasteiger partial charge is 0.118 e. The molecule has 108 valence electrons. The van der Waals surface area contributed by atoms with Crippen LogP contribution in [0.5, 0.6) is 5.75 Å². The largest absolute Gasteiger partial charge is 0.497 e. The Balaban J connectivity index is 1.93. The maximum Gasteiger partial charge on any atom is 0.118 e. The predicted octanol–water partition coefficient (Wildman–Crippen LogP) is 3.15. The van der Waals surface area contributed by atoms with Crippen molar-refractivity contribution in [2.45, 2.75) is 39.4 Å². The first-order chi connectivity index (χ1) is 9.74. The third kappa shape index (κ3) is 3.61. The summed E-state index contributed by atoms with van der Waals surface area (Å²) in [7, 11) is 1.69. The van der Waals surface area contributed by atoms with E-state index in [1.807, 2.05) is 18.3 Å². The van der Waals surface area contributed by atoms with Crippen LogP contribution in [0.25, 0.3) is 0 Å². The third-order valence-corrected chi connectivity index (χ3v) is 3.45. The molecule has 1 aromatic heterocycles. The van der Waals surface area contributed by atoms with Gasteiger partial charge in [0.05, 0.1) is 12.8 Å². The number of aromatic nitrogens is 2. The summed E-state index contributed by atoms with van der Waals surface area (Å²) in [5.74, 6) is 0.891. The van der Waals surface area contributed by atoms with Crippen LogP contribution >= 0.6 is 0 Å². The second kappa shape index (κ2) is 7.10. The molecule has 0 radical (unpaired) electrons. The van der Waals surface area contributed by atoms with Gasteiger partial charge in [-0.2, -0.15) is 5.10 Å². The first-order valence-electron chi connectivity index (χ1n) is 7.12. The molecule has 1 aromatic carbocycles. The third-order valence-electron chi connectivity index (χ3n) is 3.45. The van der Waals surface area contributed by atoms with E-state index in [4.69, 9.17) is 4.74 Å². The number of nitrogens with one attached hydrogen (secondary N) is 1. The molecule has 2 aromatic rings. The number of hydrogen-bond donors (Lipinski definition) is 1. The molecule has 4 heteroatoms. The standard InChI is InChI=1S/C16H23N3O/c1-4-11-19-15(9-10-18-19)12-17-13(2)14-5-7-16(20-3)8-6-14/h5-10,13,17H,4,11-12H2,1-3H3/t13-/m1/s1. The van der Waals surface area contributed by atoms with E-state index in [0.29, 0.717) is 6.04 Å². The maximum atomic E-state index is 5.18. The minimum atomic E-state index is 0.297. The molecule has 0 fully saturated rings. The number of rotatable bonds is 7. The second-order valence-corrected chi connectivity index (χ2v) is 4.92. The van der Waals surface area contributed by atoms with Crippen molar-refractivity contribution in [2.24, 2.45) is 0 Å². The molecule has 0 unspecified atom stereocenters. The van der Waals surface area contributed by atoms with E-state index in [0.717, 1.165) is 25.3 Å². The van der Waals surface area contributed by atoms with Gasteiger partial charge in [0.25, 0.3) is 0 Å². The van der Waals surface area contributed by atoms with Crippen LogP contribution in [0.3, 0.4) is 0 Å². The van der Waals surface area contributed by atoms with Crippen molar-refractivity contribution in [1.82, 2.24) is 15.1 Å². The normalized spacial score (nSPS) is 12.3. The summed E-state index contributed by atoms with van der Waals surface area (Å²) in [6, 6.07) is 10.6. The van der Waals surface area contributed by atoms with Crippen LogP contribution in [0.2, 0.25) is 0 Å². The summed E-state index contributed by atoms with van der Waals surface area (Å²) >= 11 is 0. The van der Waals surface area contributed by atoms with E-state index in [2.05, 4.69) is 47.1 Å². The van der Waals surface area contributed by atoms with Crippen LogP contribution in [-0.4, -0.2) is 16.9 Å². The van der Waals surface area contributed by atoms with Gasteiger partial charge in [0, 0.05) is 25.3 Å². The summed E-state index contributed by atoms with van der Waals surface area (Å²) in [5, 5.41) is 7.88. The molecule has 1 N–H and O–H groups in total. The molecule has 0 aliphatic heterocycles. The molecule has 0 aliphatic carbocycles. The number of ether oxygens (including phenoxy) is 1. The minimum Gasteiger partial charge on any atom is -0.497 e. The van der Waals surface area contributed by atoms with Gasteiger partial charge in [0.2, 0.25) is 0 Å². The Morgan fingerprint density at radius 2 is 2.00 bits per heavy atom. The zero-order valence-corrected chi connectivity index (χ0v) is 12.5. The van der Waals surface area contributed by atoms with Crippen LogP contribution in [-0.2, 0) is 13.1 Å². The summed E-state index contributed by atoms with van der Waals surface area (Å²) in [4.78, 5) is 0. The van der Waals surface area contributed by atoms with Gasteiger partial charge >= 0.3 is 0 Å². The maximum absolute atomic E-state index is 5.18. The van der Waals surface area contributed by atoms with E-state index >= 15 is 0 Å². The van der Waals surface area contributed by atoms with Crippen LogP contribution in [0, 0.1) is 0 Å².